The zero-order valence-corrected chi connectivity index (χ0v) is 11.6. The minimum atomic E-state index is 0.0673. The molecule has 0 amide bonds. The van der Waals surface area contributed by atoms with E-state index in [1.54, 1.807) is 6.33 Å². The van der Waals surface area contributed by atoms with Gasteiger partial charge in [0, 0.05) is 17.8 Å². The van der Waals surface area contributed by atoms with Crippen molar-refractivity contribution in [2.24, 2.45) is 5.73 Å². The van der Waals surface area contributed by atoms with Crippen LogP contribution in [-0.4, -0.2) is 22.1 Å². The van der Waals surface area contributed by atoms with Crippen molar-refractivity contribution < 1.29 is 0 Å². The van der Waals surface area contributed by atoms with Crippen molar-refractivity contribution in [1.29, 1.82) is 0 Å². The van der Waals surface area contributed by atoms with Gasteiger partial charge in [0.15, 0.2) is 0 Å². The molecule has 1 saturated carbocycles. The number of rotatable bonds is 3. The Labute approximate surface area is 115 Å². The lowest BCUT2D eigenvalue weighted by atomic mass is 9.81. The van der Waals surface area contributed by atoms with Gasteiger partial charge in [0.05, 0.1) is 5.54 Å². The van der Waals surface area contributed by atoms with Gasteiger partial charge in [-0.1, -0.05) is 19.3 Å². The number of anilines is 1. The summed E-state index contributed by atoms with van der Waals surface area (Å²) in [6.45, 7) is 0.700. The lowest BCUT2D eigenvalue weighted by Crippen LogP contribution is -2.47. The maximum Gasteiger partial charge on any atom is 0.133 e. The van der Waals surface area contributed by atoms with Crippen LogP contribution in [0.2, 0.25) is 0 Å². The van der Waals surface area contributed by atoms with Crippen LogP contribution in [0.4, 0.5) is 5.82 Å². The van der Waals surface area contributed by atoms with Gasteiger partial charge in [-0.25, -0.2) is 9.97 Å². The van der Waals surface area contributed by atoms with E-state index in [1.165, 1.54) is 56.2 Å². The monoisotopic (exact) mass is 260 g/mol. The van der Waals surface area contributed by atoms with Gasteiger partial charge in [-0.05, 0) is 38.5 Å². The SMILES string of the molecule is NCC1(Nc2ncnc3c2CCCC3)CCCCC1. The Hall–Kier alpha value is -1.16. The first kappa shape index (κ1) is 12.9. The third-order valence-corrected chi connectivity index (χ3v) is 4.71. The van der Waals surface area contributed by atoms with E-state index in [0.29, 0.717) is 6.54 Å². The lowest BCUT2D eigenvalue weighted by molar-refractivity contribution is 0.329. The van der Waals surface area contributed by atoms with Crippen molar-refractivity contribution in [3.8, 4) is 0 Å². The Morgan fingerprint density at radius 3 is 2.63 bits per heavy atom. The van der Waals surface area contributed by atoms with Crippen molar-refractivity contribution >= 4 is 5.82 Å². The van der Waals surface area contributed by atoms with E-state index in [2.05, 4.69) is 15.3 Å². The molecule has 19 heavy (non-hydrogen) atoms. The van der Waals surface area contributed by atoms with Crippen molar-refractivity contribution in [3.05, 3.63) is 17.6 Å². The molecular formula is C15H24N4. The summed E-state index contributed by atoms with van der Waals surface area (Å²) in [4.78, 5) is 8.94. The number of hydrogen-bond acceptors (Lipinski definition) is 4. The Morgan fingerprint density at radius 2 is 1.84 bits per heavy atom. The quantitative estimate of drug-likeness (QED) is 0.876. The van der Waals surface area contributed by atoms with Gasteiger partial charge in [-0.3, -0.25) is 0 Å². The summed E-state index contributed by atoms with van der Waals surface area (Å²) in [5.74, 6) is 1.05. The highest BCUT2D eigenvalue weighted by Crippen LogP contribution is 2.33. The first-order chi connectivity index (χ1) is 9.33. The third kappa shape index (κ3) is 2.59. The fraction of sp³-hybridized carbons (Fsp3) is 0.733. The average Bonchev–Trinajstić information content (AvgIpc) is 2.49. The van der Waals surface area contributed by atoms with Crippen LogP contribution >= 0.6 is 0 Å². The second-order valence-corrected chi connectivity index (χ2v) is 6.02. The lowest BCUT2D eigenvalue weighted by Gasteiger charge is -2.38. The zero-order chi connectivity index (χ0) is 13.1. The Kier molecular flexibility index (Phi) is 3.69. The van der Waals surface area contributed by atoms with E-state index in [0.717, 1.165) is 18.7 Å². The third-order valence-electron chi connectivity index (χ3n) is 4.71. The molecule has 0 aromatic carbocycles. The molecule has 2 aliphatic carbocycles. The molecule has 104 valence electrons. The summed E-state index contributed by atoms with van der Waals surface area (Å²) in [6.07, 6.45) is 12.7. The van der Waals surface area contributed by atoms with Crippen LogP contribution in [0.15, 0.2) is 6.33 Å². The van der Waals surface area contributed by atoms with Crippen molar-refractivity contribution in [3.63, 3.8) is 0 Å². The topological polar surface area (TPSA) is 63.8 Å². The predicted octanol–water partition coefficient (Wildman–Crippen LogP) is 2.43. The smallest absolute Gasteiger partial charge is 0.133 e. The summed E-state index contributed by atoms with van der Waals surface area (Å²) in [7, 11) is 0. The molecule has 3 N–H and O–H groups in total. The van der Waals surface area contributed by atoms with Gasteiger partial charge in [0.25, 0.3) is 0 Å². The molecule has 0 spiro atoms. The molecule has 3 rings (SSSR count). The van der Waals surface area contributed by atoms with Crippen LogP contribution in [-0.2, 0) is 12.8 Å². The summed E-state index contributed by atoms with van der Waals surface area (Å²) in [6, 6.07) is 0. The number of nitrogens with zero attached hydrogens (tertiary/aromatic N) is 2. The van der Waals surface area contributed by atoms with E-state index in [1.807, 2.05) is 0 Å². The van der Waals surface area contributed by atoms with Crippen LogP contribution in [0.3, 0.4) is 0 Å². The van der Waals surface area contributed by atoms with Gasteiger partial charge < -0.3 is 11.1 Å². The van der Waals surface area contributed by atoms with Crippen molar-refractivity contribution in [1.82, 2.24) is 9.97 Å². The molecule has 4 nitrogen and oxygen atoms in total. The minimum Gasteiger partial charge on any atom is -0.363 e. The molecule has 1 fully saturated rings. The summed E-state index contributed by atoms with van der Waals surface area (Å²) >= 11 is 0. The Bertz CT molecular complexity index is 438. The molecule has 0 saturated heterocycles. The number of hydrogen-bond donors (Lipinski definition) is 2. The van der Waals surface area contributed by atoms with Crippen molar-refractivity contribution in [2.45, 2.75) is 63.3 Å². The van der Waals surface area contributed by atoms with Gasteiger partial charge in [-0.15, -0.1) is 0 Å². The van der Waals surface area contributed by atoms with Crippen LogP contribution in [0.25, 0.3) is 0 Å². The first-order valence-corrected chi connectivity index (χ1v) is 7.64. The van der Waals surface area contributed by atoms with Gasteiger partial charge >= 0.3 is 0 Å². The molecule has 0 unspecified atom stereocenters. The summed E-state index contributed by atoms with van der Waals surface area (Å²) < 4.78 is 0. The number of fused-ring (bicyclic) bond motifs is 1. The maximum atomic E-state index is 6.06. The highest BCUT2D eigenvalue weighted by atomic mass is 15.1. The van der Waals surface area contributed by atoms with E-state index >= 15 is 0 Å². The average molecular weight is 260 g/mol. The largest absolute Gasteiger partial charge is 0.363 e. The molecule has 0 atom stereocenters. The number of nitrogens with two attached hydrogens (primary N) is 1. The van der Waals surface area contributed by atoms with E-state index in [4.69, 9.17) is 5.73 Å². The summed E-state index contributed by atoms with van der Waals surface area (Å²) in [5.41, 5.74) is 8.71. The zero-order valence-electron chi connectivity index (χ0n) is 11.6. The molecule has 0 aliphatic heterocycles. The second kappa shape index (κ2) is 5.45. The van der Waals surface area contributed by atoms with Gasteiger partial charge in [0.1, 0.15) is 12.1 Å². The normalized spacial score (nSPS) is 21.7. The molecule has 0 bridgehead atoms. The number of nitrogens with one attached hydrogen (secondary N) is 1. The highest BCUT2D eigenvalue weighted by Gasteiger charge is 2.32. The van der Waals surface area contributed by atoms with Gasteiger partial charge in [-0.2, -0.15) is 0 Å². The first-order valence-electron chi connectivity index (χ1n) is 7.64. The predicted molar refractivity (Wildman–Crippen MR) is 77.2 cm³/mol. The van der Waals surface area contributed by atoms with Crippen molar-refractivity contribution in [2.75, 3.05) is 11.9 Å². The van der Waals surface area contributed by atoms with E-state index < -0.39 is 0 Å². The Morgan fingerprint density at radius 1 is 1.05 bits per heavy atom. The summed E-state index contributed by atoms with van der Waals surface area (Å²) in [5, 5.41) is 3.70. The molecule has 1 aromatic rings. The maximum absolute atomic E-state index is 6.06. The number of aryl methyl sites for hydroxylation is 1. The van der Waals surface area contributed by atoms with Gasteiger partial charge in [0.2, 0.25) is 0 Å². The fourth-order valence-corrected chi connectivity index (χ4v) is 3.49. The highest BCUT2D eigenvalue weighted by molar-refractivity contribution is 5.49. The van der Waals surface area contributed by atoms with Crippen LogP contribution in [0.1, 0.15) is 56.2 Å². The molecular weight excluding hydrogens is 236 g/mol. The van der Waals surface area contributed by atoms with Crippen LogP contribution in [0.5, 0.6) is 0 Å². The van der Waals surface area contributed by atoms with Crippen LogP contribution < -0.4 is 11.1 Å². The fourth-order valence-electron chi connectivity index (χ4n) is 3.49. The Balaban J connectivity index is 1.85. The van der Waals surface area contributed by atoms with Crippen LogP contribution in [0, 0.1) is 0 Å². The molecule has 1 heterocycles. The van der Waals surface area contributed by atoms with E-state index in [-0.39, 0.29) is 5.54 Å². The molecule has 2 aliphatic rings. The second-order valence-electron chi connectivity index (χ2n) is 6.02. The molecule has 0 radical (unpaired) electrons. The molecule has 1 aromatic heterocycles. The minimum absolute atomic E-state index is 0.0673. The van der Waals surface area contributed by atoms with E-state index in [9.17, 15) is 0 Å². The molecule has 4 heteroatoms. The standard InChI is InChI=1S/C15H24N4/c16-10-15(8-4-1-5-9-15)19-14-12-6-2-3-7-13(12)17-11-18-14/h11H,1-10,16H2,(H,17,18,19). The number of aromatic nitrogens is 2.